The predicted octanol–water partition coefficient (Wildman–Crippen LogP) is 15.5. The number of benzene rings is 9. The second-order valence-corrected chi connectivity index (χ2v) is 18.2. The molecule has 0 fully saturated rings. The molecule has 72 heavy (non-hydrogen) atoms. The van der Waals surface area contributed by atoms with E-state index < -0.39 is 0 Å². The molecule has 0 N–H and O–H groups in total. The van der Waals surface area contributed by atoms with Gasteiger partial charge in [0.15, 0.2) is 23.1 Å². The van der Waals surface area contributed by atoms with Gasteiger partial charge in [-0.3, -0.25) is 4.79 Å². The van der Waals surface area contributed by atoms with Crippen LogP contribution in [0.5, 0.6) is 0 Å². The van der Waals surface area contributed by atoms with Crippen molar-refractivity contribution >= 4 is 66.3 Å². The molecular formula is C65H41N5O2. The highest BCUT2D eigenvalue weighted by Crippen LogP contribution is 2.41. The molecule has 0 bridgehead atoms. The maximum atomic E-state index is 14.8. The fraction of sp³-hybridized carbons (Fsp3) is 0.0154. The predicted molar refractivity (Wildman–Crippen MR) is 293 cm³/mol. The summed E-state index contributed by atoms with van der Waals surface area (Å²) >= 11 is 0. The second kappa shape index (κ2) is 16.8. The maximum Gasteiger partial charge on any atom is 0.200 e. The van der Waals surface area contributed by atoms with Crippen molar-refractivity contribution in [2.24, 2.45) is 0 Å². The highest BCUT2D eigenvalue weighted by molar-refractivity contribution is 6.11. The van der Waals surface area contributed by atoms with Crippen LogP contribution in [0.15, 0.2) is 240 Å². The summed E-state index contributed by atoms with van der Waals surface area (Å²) in [7, 11) is 0. The minimum atomic E-state index is -0.0859. The molecule has 0 radical (unpaired) electrons. The lowest BCUT2D eigenvalue weighted by Crippen LogP contribution is -2.07. The van der Waals surface area contributed by atoms with Gasteiger partial charge in [0, 0.05) is 61.8 Å². The Morgan fingerprint density at radius 2 is 0.972 bits per heavy atom. The van der Waals surface area contributed by atoms with Gasteiger partial charge in [-0.15, -0.1) is 0 Å². The summed E-state index contributed by atoms with van der Waals surface area (Å²) in [4.78, 5) is 29.7. The molecule has 7 nitrogen and oxygen atoms in total. The van der Waals surface area contributed by atoms with Crippen molar-refractivity contribution in [3.63, 3.8) is 0 Å². The average molecular weight is 924 g/mol. The lowest BCUT2D eigenvalue weighted by atomic mass is 9.99. The van der Waals surface area contributed by atoms with E-state index in [2.05, 4.69) is 137 Å². The molecule has 4 aromatic heterocycles. The van der Waals surface area contributed by atoms with Crippen LogP contribution in [0.2, 0.25) is 0 Å². The van der Waals surface area contributed by atoms with Gasteiger partial charge in [0.05, 0.1) is 33.0 Å². The van der Waals surface area contributed by atoms with E-state index in [1.165, 1.54) is 21.8 Å². The first-order valence-electron chi connectivity index (χ1n) is 24.2. The molecule has 0 saturated carbocycles. The molecule has 0 saturated heterocycles. The lowest BCUT2D eigenvalue weighted by molar-refractivity contribution is 0.657. The average Bonchev–Trinajstić information content (AvgIpc) is 3.84. The van der Waals surface area contributed by atoms with E-state index in [0.29, 0.717) is 45.8 Å². The molecule has 338 valence electrons. The maximum absolute atomic E-state index is 14.8. The summed E-state index contributed by atoms with van der Waals surface area (Å²) in [6.45, 7) is 0. The number of para-hydroxylation sites is 5. The van der Waals surface area contributed by atoms with E-state index >= 15 is 0 Å². The Kier molecular flexibility index (Phi) is 9.60. The van der Waals surface area contributed by atoms with Gasteiger partial charge >= 0.3 is 0 Å². The van der Waals surface area contributed by atoms with Crippen LogP contribution in [0.25, 0.3) is 123 Å². The highest BCUT2D eigenvalue weighted by atomic mass is 16.3. The van der Waals surface area contributed by atoms with Crippen LogP contribution in [-0.2, 0) is 6.42 Å². The molecule has 7 heteroatoms. The smallest absolute Gasteiger partial charge is 0.200 e. The van der Waals surface area contributed by atoms with Crippen LogP contribution in [0.1, 0.15) is 16.8 Å². The summed E-state index contributed by atoms with van der Waals surface area (Å²) in [5.41, 5.74) is 15.1. The Balaban J connectivity index is 0.911. The van der Waals surface area contributed by atoms with Crippen LogP contribution in [0, 0.1) is 0 Å². The van der Waals surface area contributed by atoms with Crippen LogP contribution >= 0.6 is 0 Å². The normalized spacial score (nSPS) is 12.5. The van der Waals surface area contributed by atoms with Crippen molar-refractivity contribution in [1.29, 1.82) is 0 Å². The van der Waals surface area contributed by atoms with E-state index in [4.69, 9.17) is 19.4 Å². The largest absolute Gasteiger partial charge is 0.453 e. The fourth-order valence-electron chi connectivity index (χ4n) is 10.7. The van der Waals surface area contributed by atoms with E-state index in [9.17, 15) is 4.79 Å². The number of nitrogens with zero attached hydrogens (tertiary/aromatic N) is 5. The molecule has 0 atom stereocenters. The van der Waals surface area contributed by atoms with Gasteiger partial charge in [-0.1, -0.05) is 170 Å². The Hall–Kier alpha value is -9.72. The summed E-state index contributed by atoms with van der Waals surface area (Å²) in [6.07, 6.45) is 7.50. The summed E-state index contributed by atoms with van der Waals surface area (Å²) in [5.74, 6) is 1.71. The van der Waals surface area contributed by atoms with E-state index in [-0.39, 0.29) is 5.43 Å². The topological polar surface area (TPSA) is 78.7 Å². The van der Waals surface area contributed by atoms with Gasteiger partial charge in [-0.05, 0) is 83.4 Å². The third-order valence-corrected chi connectivity index (χ3v) is 14.0. The zero-order valence-electron chi connectivity index (χ0n) is 38.8. The lowest BCUT2D eigenvalue weighted by Gasteiger charge is -2.14. The molecule has 0 unspecified atom stereocenters. The highest BCUT2D eigenvalue weighted by Gasteiger charge is 2.23. The molecule has 0 aliphatic heterocycles. The van der Waals surface area contributed by atoms with Gasteiger partial charge in [0.1, 0.15) is 5.58 Å². The van der Waals surface area contributed by atoms with E-state index in [1.807, 2.05) is 109 Å². The third-order valence-electron chi connectivity index (χ3n) is 14.0. The van der Waals surface area contributed by atoms with Crippen molar-refractivity contribution in [2.45, 2.75) is 6.42 Å². The summed E-state index contributed by atoms with van der Waals surface area (Å²) in [5, 5.41) is 4.57. The van der Waals surface area contributed by atoms with Gasteiger partial charge in [0.2, 0.25) is 5.43 Å². The third kappa shape index (κ3) is 6.74. The molecule has 0 amide bonds. The van der Waals surface area contributed by atoms with Gasteiger partial charge in [0.25, 0.3) is 0 Å². The summed E-state index contributed by atoms with van der Waals surface area (Å²) < 4.78 is 11.8. The minimum absolute atomic E-state index is 0.0859. The Labute approximate surface area is 413 Å². The molecule has 9 aromatic carbocycles. The first-order chi connectivity index (χ1) is 35.6. The molecule has 4 heterocycles. The van der Waals surface area contributed by atoms with Crippen LogP contribution in [0.4, 0.5) is 0 Å². The van der Waals surface area contributed by atoms with Crippen molar-refractivity contribution in [3.8, 4) is 56.7 Å². The second-order valence-electron chi connectivity index (χ2n) is 18.2. The zero-order chi connectivity index (χ0) is 47.7. The van der Waals surface area contributed by atoms with Crippen LogP contribution in [-0.4, -0.2) is 24.1 Å². The van der Waals surface area contributed by atoms with Gasteiger partial charge in [-0.2, -0.15) is 0 Å². The Morgan fingerprint density at radius 3 is 1.71 bits per heavy atom. The molecule has 0 spiro atoms. The zero-order valence-corrected chi connectivity index (χ0v) is 38.8. The van der Waals surface area contributed by atoms with Crippen LogP contribution in [0.3, 0.4) is 0 Å². The number of hydrogen-bond donors (Lipinski definition) is 0. The molecule has 13 aromatic rings. The number of aromatic nitrogens is 5. The number of rotatable bonds is 7. The standard InChI is InChI=1S/C65H41N5O2/c71-60-51-30-16-29-48(45-23-14-24-46(38-45)65-67-63(41-18-4-1-5-19-41)66-64(68-65)42-20-6-2-7-21-42)61(51)72-62-52(60)31-17-35-59(62)70-56-33-13-11-28-50(56)53-39-43(22-15-34-57(53)70)44-36-37-58-54(40-44)49-27-10-12-32-55(49)69(58)47-25-8-3-9-26-47/h1-33,35-40H,34H2. The molecular weight excluding hydrogens is 883 g/mol. The SMILES string of the molecule is O=c1c2cccc(-c3cccc(-c4nc(-c5ccccc5)nc(-c5ccccc5)n4)c3)c2oc2c(-n3c4c(c5ccccc53)C=C(c3ccc5c(c3)c3ccccc3n5-c3ccccc3)C=CC4)cccc12. The van der Waals surface area contributed by atoms with Gasteiger partial charge < -0.3 is 13.6 Å². The number of hydrogen-bond acceptors (Lipinski definition) is 5. The quantitative estimate of drug-likeness (QED) is 0.149. The fourth-order valence-corrected chi connectivity index (χ4v) is 10.7. The number of fused-ring (bicyclic) bond motifs is 8. The van der Waals surface area contributed by atoms with Crippen molar-refractivity contribution in [2.75, 3.05) is 0 Å². The van der Waals surface area contributed by atoms with Crippen molar-refractivity contribution < 1.29 is 4.42 Å². The first-order valence-corrected chi connectivity index (χ1v) is 24.2. The Bertz CT molecular complexity index is 4370. The summed E-state index contributed by atoms with van der Waals surface area (Å²) in [6, 6.07) is 74.4. The first kappa shape index (κ1) is 41.3. The van der Waals surface area contributed by atoms with Gasteiger partial charge in [-0.25, -0.2) is 15.0 Å². The monoisotopic (exact) mass is 923 g/mol. The minimum Gasteiger partial charge on any atom is -0.453 e. The number of allylic oxidation sites excluding steroid dienone is 3. The molecule has 1 aliphatic rings. The molecule has 1 aliphatic carbocycles. The van der Waals surface area contributed by atoms with E-state index in [0.717, 1.165) is 72.5 Å². The van der Waals surface area contributed by atoms with E-state index in [1.54, 1.807) is 0 Å². The van der Waals surface area contributed by atoms with Crippen LogP contribution < -0.4 is 5.43 Å². The molecule has 14 rings (SSSR count). The van der Waals surface area contributed by atoms with Crippen molar-refractivity contribution in [1.82, 2.24) is 24.1 Å². The van der Waals surface area contributed by atoms with Crippen molar-refractivity contribution in [3.05, 3.63) is 258 Å². The Morgan fingerprint density at radius 1 is 0.417 bits per heavy atom.